The fourth-order valence-electron chi connectivity index (χ4n) is 3.78. The Balaban J connectivity index is 1.73. The molecule has 0 bridgehead atoms. The van der Waals surface area contributed by atoms with E-state index in [2.05, 4.69) is 17.0 Å². The Bertz CT molecular complexity index is 836. The second-order valence-corrected chi connectivity index (χ2v) is 7.34. The second kappa shape index (κ2) is 9.52. The minimum Gasteiger partial charge on any atom is -0.497 e. The third kappa shape index (κ3) is 5.12. The van der Waals surface area contributed by atoms with Gasteiger partial charge in [0.15, 0.2) is 0 Å². The molecule has 7 heteroatoms. The van der Waals surface area contributed by atoms with E-state index in [1.54, 1.807) is 31.2 Å². The van der Waals surface area contributed by atoms with Crippen molar-refractivity contribution in [2.45, 2.75) is 31.7 Å². The molecule has 1 aliphatic rings. The van der Waals surface area contributed by atoms with Crippen LogP contribution in [-0.2, 0) is 4.79 Å². The van der Waals surface area contributed by atoms with E-state index in [4.69, 9.17) is 4.74 Å². The van der Waals surface area contributed by atoms with Crippen LogP contribution in [0.5, 0.6) is 5.75 Å². The number of carbonyl (C=O) groups excluding carboxylic acids is 1. The van der Waals surface area contributed by atoms with Gasteiger partial charge in [-0.3, -0.25) is 19.8 Å². The first-order valence-electron chi connectivity index (χ1n) is 9.88. The topological polar surface area (TPSA) is 75.9 Å². The van der Waals surface area contributed by atoms with Crippen molar-refractivity contribution in [1.29, 1.82) is 0 Å². The Morgan fingerprint density at radius 3 is 2.45 bits per heavy atom. The van der Waals surface area contributed by atoms with E-state index in [1.807, 2.05) is 12.1 Å². The molecule has 0 spiro atoms. The van der Waals surface area contributed by atoms with Crippen LogP contribution in [-0.4, -0.2) is 43.0 Å². The van der Waals surface area contributed by atoms with E-state index in [0.717, 1.165) is 38.0 Å². The zero-order chi connectivity index (χ0) is 20.8. The second-order valence-electron chi connectivity index (χ2n) is 7.34. The number of benzene rings is 2. The molecule has 1 saturated heterocycles. The number of non-ortho nitro benzene ring substituents is 1. The van der Waals surface area contributed by atoms with Gasteiger partial charge < -0.3 is 9.64 Å². The van der Waals surface area contributed by atoms with Crippen molar-refractivity contribution in [2.75, 3.05) is 32.1 Å². The molecule has 1 amide bonds. The van der Waals surface area contributed by atoms with E-state index in [0.29, 0.717) is 12.2 Å². The molecule has 0 saturated carbocycles. The first kappa shape index (κ1) is 20.8. The third-order valence-electron chi connectivity index (χ3n) is 5.52. The summed E-state index contributed by atoms with van der Waals surface area (Å²) in [7, 11) is 3.36. The smallest absolute Gasteiger partial charge is 0.269 e. The molecule has 2 aromatic rings. The molecule has 0 aromatic heterocycles. The molecule has 154 valence electrons. The van der Waals surface area contributed by atoms with Crippen molar-refractivity contribution in [3.8, 4) is 5.75 Å². The van der Waals surface area contributed by atoms with Crippen molar-refractivity contribution in [3.63, 3.8) is 0 Å². The molecule has 29 heavy (non-hydrogen) atoms. The summed E-state index contributed by atoms with van der Waals surface area (Å²) in [6.07, 6.45) is 4.39. The number of ether oxygens (including phenoxy) is 1. The Morgan fingerprint density at radius 1 is 1.14 bits per heavy atom. The lowest BCUT2D eigenvalue weighted by atomic mass is 10.0. The highest BCUT2D eigenvalue weighted by atomic mass is 16.6. The maximum absolute atomic E-state index is 13.0. The number of likely N-dealkylation sites (tertiary alicyclic amines) is 1. The van der Waals surface area contributed by atoms with E-state index >= 15 is 0 Å². The molecule has 0 N–H and O–H groups in total. The number of nitro groups is 1. The van der Waals surface area contributed by atoms with Gasteiger partial charge in [-0.25, -0.2) is 0 Å². The van der Waals surface area contributed by atoms with Crippen LogP contribution in [0.15, 0.2) is 48.5 Å². The maximum atomic E-state index is 13.0. The molecule has 0 aliphatic carbocycles. The summed E-state index contributed by atoms with van der Waals surface area (Å²) in [4.78, 5) is 27.2. The molecule has 0 radical (unpaired) electrons. The standard InChI is InChI=1S/C22H27N3O4/c1-23(18-9-11-19(12-10-18)25(27)28)22(26)16-24-15-5-3-4-6-21(24)17-7-13-20(29-2)14-8-17/h7-14,21H,3-6,15-16H2,1-2H3/t21-/m0/s1. The molecule has 0 unspecified atom stereocenters. The van der Waals surface area contributed by atoms with Gasteiger partial charge in [-0.1, -0.05) is 25.0 Å². The summed E-state index contributed by atoms with van der Waals surface area (Å²) in [6, 6.07) is 14.3. The van der Waals surface area contributed by atoms with Crippen molar-refractivity contribution >= 4 is 17.3 Å². The number of hydrogen-bond donors (Lipinski definition) is 0. The molecule has 2 aromatic carbocycles. The minimum atomic E-state index is -0.442. The lowest BCUT2D eigenvalue weighted by molar-refractivity contribution is -0.384. The third-order valence-corrected chi connectivity index (χ3v) is 5.52. The summed E-state index contributed by atoms with van der Waals surface area (Å²) < 4.78 is 5.26. The van der Waals surface area contributed by atoms with Gasteiger partial charge in [-0.05, 0) is 49.2 Å². The predicted octanol–water partition coefficient (Wildman–Crippen LogP) is 4.18. The summed E-state index contributed by atoms with van der Waals surface area (Å²) in [5.41, 5.74) is 1.86. The fraction of sp³-hybridized carbons (Fsp3) is 0.409. The molecule has 1 fully saturated rings. The summed E-state index contributed by atoms with van der Waals surface area (Å²) >= 11 is 0. The highest BCUT2D eigenvalue weighted by Crippen LogP contribution is 2.31. The molecule has 1 atom stereocenters. The van der Waals surface area contributed by atoms with E-state index in [-0.39, 0.29) is 17.6 Å². The van der Waals surface area contributed by atoms with E-state index < -0.39 is 4.92 Å². The maximum Gasteiger partial charge on any atom is 0.269 e. The SMILES string of the molecule is COc1ccc([C@@H]2CCCCCN2CC(=O)N(C)c2ccc([N+](=O)[O-])cc2)cc1. The zero-order valence-corrected chi connectivity index (χ0v) is 16.9. The van der Waals surface area contributed by atoms with Gasteiger partial charge in [0.05, 0.1) is 18.6 Å². The molecule has 1 heterocycles. The van der Waals surface area contributed by atoms with Crippen LogP contribution in [0.1, 0.15) is 37.3 Å². The van der Waals surface area contributed by atoms with Gasteiger partial charge in [-0.2, -0.15) is 0 Å². The van der Waals surface area contributed by atoms with Crippen LogP contribution in [0.3, 0.4) is 0 Å². The Kier molecular flexibility index (Phi) is 6.82. The molecule has 1 aliphatic heterocycles. The number of carbonyl (C=O) groups is 1. The number of amides is 1. The highest BCUT2D eigenvalue weighted by molar-refractivity contribution is 5.94. The zero-order valence-electron chi connectivity index (χ0n) is 16.9. The van der Waals surface area contributed by atoms with Gasteiger partial charge in [0.25, 0.3) is 5.69 Å². The number of hydrogen-bond acceptors (Lipinski definition) is 5. The monoisotopic (exact) mass is 397 g/mol. The summed E-state index contributed by atoms with van der Waals surface area (Å²) in [6.45, 7) is 1.18. The van der Waals surface area contributed by atoms with Crippen molar-refractivity contribution in [3.05, 3.63) is 64.2 Å². The molecular weight excluding hydrogens is 370 g/mol. The van der Waals surface area contributed by atoms with E-state index in [1.165, 1.54) is 17.7 Å². The van der Waals surface area contributed by atoms with Crippen LogP contribution >= 0.6 is 0 Å². The van der Waals surface area contributed by atoms with Gasteiger partial charge in [0.2, 0.25) is 5.91 Å². The average molecular weight is 397 g/mol. The number of likely N-dealkylation sites (N-methyl/N-ethyl adjacent to an activating group) is 1. The molecular formula is C22H27N3O4. The lowest BCUT2D eigenvalue weighted by Crippen LogP contribution is -2.40. The van der Waals surface area contributed by atoms with Crippen LogP contribution in [0, 0.1) is 10.1 Å². The fourth-order valence-corrected chi connectivity index (χ4v) is 3.78. The quantitative estimate of drug-likeness (QED) is 0.540. The average Bonchev–Trinajstić information content (AvgIpc) is 2.98. The number of anilines is 1. The van der Waals surface area contributed by atoms with Crippen molar-refractivity contribution in [1.82, 2.24) is 4.90 Å². The first-order chi connectivity index (χ1) is 14.0. The largest absolute Gasteiger partial charge is 0.497 e. The minimum absolute atomic E-state index is 0.0155. The van der Waals surface area contributed by atoms with Crippen LogP contribution < -0.4 is 9.64 Å². The predicted molar refractivity (Wildman–Crippen MR) is 112 cm³/mol. The molecule has 3 rings (SSSR count). The lowest BCUT2D eigenvalue weighted by Gasteiger charge is -2.31. The van der Waals surface area contributed by atoms with Crippen LogP contribution in [0.25, 0.3) is 0 Å². The Labute approximate surface area is 171 Å². The van der Waals surface area contributed by atoms with Gasteiger partial charge in [0.1, 0.15) is 5.75 Å². The van der Waals surface area contributed by atoms with Gasteiger partial charge in [0, 0.05) is 30.9 Å². The van der Waals surface area contributed by atoms with Crippen LogP contribution in [0.2, 0.25) is 0 Å². The van der Waals surface area contributed by atoms with Gasteiger partial charge in [-0.15, -0.1) is 0 Å². The van der Waals surface area contributed by atoms with E-state index in [9.17, 15) is 14.9 Å². The highest BCUT2D eigenvalue weighted by Gasteiger charge is 2.26. The first-order valence-corrected chi connectivity index (χ1v) is 9.88. The Morgan fingerprint density at radius 2 is 1.83 bits per heavy atom. The number of methoxy groups -OCH3 is 1. The Hall–Kier alpha value is -2.93. The summed E-state index contributed by atoms with van der Waals surface area (Å²) in [5, 5.41) is 10.8. The summed E-state index contributed by atoms with van der Waals surface area (Å²) in [5.74, 6) is 0.794. The number of rotatable bonds is 6. The number of nitro benzene ring substituents is 1. The number of nitrogens with zero attached hydrogens (tertiary/aromatic N) is 3. The van der Waals surface area contributed by atoms with Crippen LogP contribution in [0.4, 0.5) is 11.4 Å². The normalized spacial score (nSPS) is 17.4. The van der Waals surface area contributed by atoms with Crippen molar-refractivity contribution in [2.24, 2.45) is 0 Å². The van der Waals surface area contributed by atoms with Crippen molar-refractivity contribution < 1.29 is 14.5 Å². The van der Waals surface area contributed by atoms with Gasteiger partial charge >= 0.3 is 0 Å². The molecule has 7 nitrogen and oxygen atoms in total.